The van der Waals surface area contributed by atoms with Gasteiger partial charge in [-0.15, -0.1) is 0 Å². The molecule has 4 aromatic rings. The van der Waals surface area contributed by atoms with Gasteiger partial charge >= 0.3 is 11.0 Å². The van der Waals surface area contributed by atoms with Crippen molar-refractivity contribution in [3.63, 3.8) is 0 Å². The minimum absolute atomic E-state index is 0.193. The van der Waals surface area contributed by atoms with E-state index in [1.165, 1.54) is 34.9 Å². The molecular weight excluding hydrogens is 594 g/mol. The van der Waals surface area contributed by atoms with Crippen LogP contribution in [0.25, 0.3) is 0 Å². The molecule has 0 saturated carbocycles. The van der Waals surface area contributed by atoms with Crippen molar-refractivity contribution >= 4 is 52.2 Å². The van der Waals surface area contributed by atoms with Gasteiger partial charge in [0.2, 0.25) is 17.7 Å². The number of amides is 3. The molecule has 3 aromatic carbocycles. The molecule has 0 unspecified atom stereocenters. The highest BCUT2D eigenvalue weighted by Gasteiger charge is 2.57. The number of fused-ring (bicyclic) bond motifs is 2. The van der Waals surface area contributed by atoms with Gasteiger partial charge in [-0.3, -0.25) is 23.7 Å². The fraction of sp³-hybridized carbons (Fsp3) is 0.172. The largest absolute Gasteiger partial charge is 0.416 e. The van der Waals surface area contributed by atoms with E-state index in [0.717, 1.165) is 46.2 Å². The molecule has 214 valence electrons. The Morgan fingerprint density at radius 2 is 1.62 bits per heavy atom. The van der Waals surface area contributed by atoms with E-state index in [0.29, 0.717) is 21.2 Å². The SMILES string of the molecule is O=C(Cn1c2c(sc1=O)[C@@H](c1ccccc1)[C@H]1C(=O)N(c3cccc(C(F)(F)F)c3)C(=O)[C@H]1S2)Nc1ccc(F)cc1. The molecule has 2 aliphatic heterocycles. The van der Waals surface area contributed by atoms with Crippen molar-refractivity contribution in [1.82, 2.24) is 4.57 Å². The van der Waals surface area contributed by atoms with Crippen LogP contribution in [0, 0.1) is 11.7 Å². The first-order chi connectivity index (χ1) is 20.0. The van der Waals surface area contributed by atoms with Gasteiger partial charge in [0, 0.05) is 16.5 Å². The number of rotatable bonds is 5. The number of benzene rings is 3. The number of anilines is 2. The summed E-state index contributed by atoms with van der Waals surface area (Å²) >= 11 is 1.80. The van der Waals surface area contributed by atoms with E-state index >= 15 is 0 Å². The monoisotopic (exact) mass is 613 g/mol. The molecule has 3 atom stereocenters. The second kappa shape index (κ2) is 10.6. The number of hydrogen-bond acceptors (Lipinski definition) is 6. The highest BCUT2D eigenvalue weighted by atomic mass is 32.2. The van der Waals surface area contributed by atoms with Crippen LogP contribution in [0.5, 0.6) is 0 Å². The Hall–Kier alpha value is -4.23. The summed E-state index contributed by atoms with van der Waals surface area (Å²) in [6.45, 7) is -0.409. The maximum atomic E-state index is 13.8. The predicted octanol–water partition coefficient (Wildman–Crippen LogP) is 5.50. The molecule has 1 aromatic heterocycles. The predicted molar refractivity (Wildman–Crippen MR) is 149 cm³/mol. The molecule has 2 aliphatic rings. The van der Waals surface area contributed by atoms with Gasteiger partial charge in [0.1, 0.15) is 17.6 Å². The van der Waals surface area contributed by atoms with Crippen LogP contribution in [0.4, 0.5) is 28.9 Å². The van der Waals surface area contributed by atoms with Crippen molar-refractivity contribution in [2.45, 2.75) is 28.9 Å². The van der Waals surface area contributed by atoms with Gasteiger partial charge in [-0.25, -0.2) is 9.29 Å². The van der Waals surface area contributed by atoms with Crippen LogP contribution in [-0.4, -0.2) is 27.5 Å². The molecule has 1 N–H and O–H groups in total. The molecular formula is C29H19F4N3O4S2. The Kier molecular flexibility index (Phi) is 7.01. The standard InChI is InChI=1S/C29H19F4N3O4S2/c30-17-9-11-18(12-10-17)34-20(37)14-35-27-24(42-28(35)40)21(15-5-2-1-3-6-15)22-23(41-27)26(39)36(25(22)38)19-8-4-7-16(13-19)29(31,32)33/h1-13,21-23H,14H2,(H,34,37)/t21-,22+,23-/m0/s1. The summed E-state index contributed by atoms with van der Waals surface area (Å²) in [5.41, 5.74) is -0.226. The summed E-state index contributed by atoms with van der Waals surface area (Å²) in [5, 5.41) is 1.89. The molecule has 0 radical (unpaired) electrons. The van der Waals surface area contributed by atoms with Crippen LogP contribution >= 0.6 is 23.1 Å². The molecule has 3 heterocycles. The number of nitrogens with one attached hydrogen (secondary N) is 1. The van der Waals surface area contributed by atoms with Gasteiger partial charge in [-0.1, -0.05) is 59.5 Å². The molecule has 0 bridgehead atoms. The molecule has 42 heavy (non-hydrogen) atoms. The maximum absolute atomic E-state index is 13.8. The van der Waals surface area contributed by atoms with Gasteiger partial charge in [-0.05, 0) is 48.0 Å². The second-order valence-corrected chi connectivity index (χ2v) is 11.8. The first kappa shape index (κ1) is 27.9. The zero-order chi connectivity index (χ0) is 29.8. The number of alkyl halides is 3. The summed E-state index contributed by atoms with van der Waals surface area (Å²) in [6.07, 6.45) is -4.68. The first-order valence-corrected chi connectivity index (χ1v) is 14.3. The van der Waals surface area contributed by atoms with Crippen molar-refractivity contribution in [2.24, 2.45) is 5.92 Å². The van der Waals surface area contributed by atoms with Gasteiger partial charge in [0.15, 0.2) is 0 Å². The van der Waals surface area contributed by atoms with E-state index in [9.17, 15) is 36.7 Å². The molecule has 0 aliphatic carbocycles. The van der Waals surface area contributed by atoms with Gasteiger partial charge in [-0.2, -0.15) is 13.2 Å². The summed E-state index contributed by atoms with van der Waals surface area (Å²) in [5.74, 6) is -4.17. The lowest BCUT2D eigenvalue weighted by Crippen LogP contribution is -2.33. The average molecular weight is 614 g/mol. The minimum Gasteiger partial charge on any atom is -0.325 e. The van der Waals surface area contributed by atoms with Gasteiger partial charge < -0.3 is 5.32 Å². The Morgan fingerprint density at radius 1 is 0.905 bits per heavy atom. The number of carbonyl (C=O) groups is 3. The smallest absolute Gasteiger partial charge is 0.325 e. The number of imide groups is 1. The van der Waals surface area contributed by atoms with Crippen LogP contribution in [-0.2, 0) is 27.1 Å². The quantitative estimate of drug-likeness (QED) is 0.237. The van der Waals surface area contributed by atoms with Crippen molar-refractivity contribution in [3.05, 3.63) is 110 Å². The van der Waals surface area contributed by atoms with E-state index in [1.54, 1.807) is 30.3 Å². The highest BCUT2D eigenvalue weighted by Crippen LogP contribution is 2.54. The normalized spacial score (nSPS) is 19.9. The fourth-order valence-corrected chi connectivity index (χ4v) is 8.00. The lowest BCUT2D eigenvalue weighted by atomic mass is 9.83. The van der Waals surface area contributed by atoms with E-state index in [4.69, 9.17) is 0 Å². The number of nitrogens with zero attached hydrogens (tertiary/aromatic N) is 2. The third-order valence-electron chi connectivity index (χ3n) is 7.07. The van der Waals surface area contributed by atoms with Crippen LogP contribution in [0.2, 0.25) is 0 Å². The number of halogens is 4. The number of thioether (sulfide) groups is 1. The second-order valence-electron chi connectivity index (χ2n) is 9.69. The van der Waals surface area contributed by atoms with Gasteiger partial charge in [0.05, 0.1) is 22.2 Å². The Labute approximate surface area is 243 Å². The first-order valence-electron chi connectivity index (χ1n) is 12.6. The topological polar surface area (TPSA) is 88.5 Å². The zero-order valence-electron chi connectivity index (χ0n) is 21.3. The van der Waals surface area contributed by atoms with Crippen LogP contribution in [0.3, 0.4) is 0 Å². The van der Waals surface area contributed by atoms with Crippen molar-refractivity contribution < 1.29 is 31.9 Å². The Morgan fingerprint density at radius 3 is 2.31 bits per heavy atom. The number of aromatic nitrogens is 1. The highest BCUT2D eigenvalue weighted by molar-refractivity contribution is 8.00. The molecule has 1 fully saturated rings. The molecule has 1 saturated heterocycles. The van der Waals surface area contributed by atoms with Crippen LogP contribution < -0.4 is 15.1 Å². The lowest BCUT2D eigenvalue weighted by molar-refractivity contribution is -0.137. The van der Waals surface area contributed by atoms with E-state index in [-0.39, 0.29) is 5.69 Å². The summed E-state index contributed by atoms with van der Waals surface area (Å²) in [7, 11) is 0. The van der Waals surface area contributed by atoms with Crippen LogP contribution in [0.15, 0.2) is 88.7 Å². The average Bonchev–Trinajstić information content (AvgIpc) is 3.40. The number of thiazole rings is 1. The Bertz CT molecular complexity index is 1770. The summed E-state index contributed by atoms with van der Waals surface area (Å²) < 4.78 is 54.8. The number of carbonyl (C=O) groups excluding carboxylic acids is 3. The Balaban J connectivity index is 1.39. The van der Waals surface area contributed by atoms with Gasteiger partial charge in [0.25, 0.3) is 0 Å². The molecule has 3 amide bonds. The van der Waals surface area contributed by atoms with E-state index < -0.39 is 63.8 Å². The van der Waals surface area contributed by atoms with Crippen molar-refractivity contribution in [2.75, 3.05) is 10.2 Å². The van der Waals surface area contributed by atoms with Crippen molar-refractivity contribution in [3.8, 4) is 0 Å². The van der Waals surface area contributed by atoms with Crippen LogP contribution in [0.1, 0.15) is 21.9 Å². The lowest BCUT2D eigenvalue weighted by Gasteiger charge is -2.30. The van der Waals surface area contributed by atoms with E-state index in [2.05, 4.69) is 5.32 Å². The molecule has 13 heteroatoms. The molecule has 0 spiro atoms. The number of hydrogen-bond donors (Lipinski definition) is 1. The fourth-order valence-electron chi connectivity index (χ4n) is 5.23. The molecule has 7 nitrogen and oxygen atoms in total. The third kappa shape index (κ3) is 4.92. The summed E-state index contributed by atoms with van der Waals surface area (Å²) in [4.78, 5) is 54.4. The third-order valence-corrected chi connectivity index (χ3v) is 9.67. The zero-order valence-corrected chi connectivity index (χ0v) is 22.9. The molecule has 6 rings (SSSR count). The maximum Gasteiger partial charge on any atom is 0.416 e. The minimum atomic E-state index is -4.68. The van der Waals surface area contributed by atoms with Crippen molar-refractivity contribution in [1.29, 1.82) is 0 Å². The van der Waals surface area contributed by atoms with E-state index in [1.807, 2.05) is 0 Å². The summed E-state index contributed by atoms with van der Waals surface area (Å²) in [6, 6.07) is 17.9.